The van der Waals surface area contributed by atoms with Crippen LogP contribution in [0.2, 0.25) is 0 Å². The summed E-state index contributed by atoms with van der Waals surface area (Å²) in [6, 6.07) is 2.50. The highest BCUT2D eigenvalue weighted by Gasteiger charge is 2.34. The van der Waals surface area contributed by atoms with Crippen LogP contribution in [0.25, 0.3) is 10.9 Å². The van der Waals surface area contributed by atoms with Gasteiger partial charge < -0.3 is 20.1 Å². The first kappa shape index (κ1) is 21.5. The van der Waals surface area contributed by atoms with Crippen molar-refractivity contribution in [1.29, 1.82) is 5.41 Å². The van der Waals surface area contributed by atoms with Crippen molar-refractivity contribution >= 4 is 30.4 Å². The van der Waals surface area contributed by atoms with E-state index in [1.165, 1.54) is 7.05 Å². The third-order valence-electron chi connectivity index (χ3n) is 2.92. The number of hydrogen-bond acceptors (Lipinski definition) is 3. The molecule has 0 unspecified atom stereocenters. The van der Waals surface area contributed by atoms with Gasteiger partial charge in [0.2, 0.25) is 0 Å². The van der Waals surface area contributed by atoms with Crippen LogP contribution in [0.5, 0.6) is 5.75 Å². The summed E-state index contributed by atoms with van der Waals surface area (Å²) >= 11 is 0. The van der Waals surface area contributed by atoms with Crippen LogP contribution in [-0.4, -0.2) is 32.9 Å². The van der Waals surface area contributed by atoms with Gasteiger partial charge in [0.15, 0.2) is 11.7 Å². The standard InChI is InChI=1S/C12H10F3N4O2.CH5O3P/c1-19-8-3-5(20)2-7(12(13,14)15)6(8)4-9(19)10(21)18-11(16)17;1-5(2,3)4/h2-4H,1H3,(H4,16,17,18,21);1H3,(H2,2,3,4). The summed E-state index contributed by atoms with van der Waals surface area (Å²) in [6.45, 7) is 0.854. The van der Waals surface area contributed by atoms with Crippen LogP contribution >= 0.6 is 7.60 Å². The fraction of sp³-hybridized carbons (Fsp3) is 0.231. The lowest BCUT2D eigenvalue weighted by Crippen LogP contribution is -2.36. The molecule has 0 aliphatic heterocycles. The molecule has 0 saturated carbocycles. The number of fused-ring (bicyclic) bond motifs is 1. The van der Waals surface area contributed by atoms with E-state index in [1.807, 2.05) is 5.32 Å². The van der Waals surface area contributed by atoms with Crippen LogP contribution in [0.15, 0.2) is 18.2 Å². The number of nitrogens with one attached hydrogen (secondary N) is 2. The molecule has 1 heterocycles. The number of aryl methyl sites for hydroxylation is 1. The summed E-state index contributed by atoms with van der Waals surface area (Å²) in [5.41, 5.74) is 3.73. The number of carbonyl (C=O) groups is 1. The second kappa shape index (κ2) is 7.36. The van der Waals surface area contributed by atoms with E-state index in [0.717, 1.165) is 23.4 Å². The number of nitrogens with zero attached hydrogens (tertiary/aromatic N) is 1. The first-order valence-corrected chi connectivity index (χ1v) is 8.73. The Hall–Kier alpha value is -2.56. The molecule has 1 radical (unpaired) electrons. The third-order valence-corrected chi connectivity index (χ3v) is 2.92. The van der Waals surface area contributed by atoms with Crippen molar-refractivity contribution in [2.45, 2.75) is 6.18 Å². The summed E-state index contributed by atoms with van der Waals surface area (Å²) in [6.07, 6.45) is -4.71. The molecule has 1 aromatic carbocycles. The number of guanidine groups is 1. The lowest BCUT2D eigenvalue weighted by Gasteiger charge is -2.08. The molecule has 2 rings (SSSR count). The highest BCUT2D eigenvalue weighted by atomic mass is 31.2. The minimum absolute atomic E-state index is 0.0245. The van der Waals surface area contributed by atoms with Gasteiger partial charge in [-0.15, -0.1) is 0 Å². The van der Waals surface area contributed by atoms with Crippen LogP contribution < -0.4 is 11.1 Å². The van der Waals surface area contributed by atoms with Crippen LogP contribution in [0, 0.1) is 5.41 Å². The largest absolute Gasteiger partial charge is 0.417 e. The Balaban J connectivity index is 0.000000597. The van der Waals surface area contributed by atoms with Crippen LogP contribution in [0.1, 0.15) is 16.1 Å². The summed E-state index contributed by atoms with van der Waals surface area (Å²) < 4.78 is 49.3. The van der Waals surface area contributed by atoms with E-state index in [-0.39, 0.29) is 16.6 Å². The number of alkyl halides is 3. The number of amides is 1. The van der Waals surface area contributed by atoms with Gasteiger partial charge >= 0.3 is 13.8 Å². The zero-order chi connectivity index (χ0) is 20.4. The molecule has 0 fully saturated rings. The monoisotopic (exact) mass is 395 g/mol. The Labute approximate surface area is 144 Å². The van der Waals surface area contributed by atoms with Crippen molar-refractivity contribution in [3.05, 3.63) is 29.5 Å². The smallest absolute Gasteiger partial charge is 0.370 e. The molecule has 2 aromatic rings. The topological polar surface area (TPSA) is 161 Å². The lowest BCUT2D eigenvalue weighted by molar-refractivity contribution is -0.136. The van der Waals surface area contributed by atoms with Crippen LogP contribution in [0.4, 0.5) is 13.2 Å². The molecule has 0 saturated heterocycles. The molecule has 6 N–H and O–H groups in total. The van der Waals surface area contributed by atoms with E-state index in [9.17, 15) is 27.6 Å². The van der Waals surface area contributed by atoms with Crippen molar-refractivity contribution in [2.75, 3.05) is 6.66 Å². The molecule has 0 atom stereocenters. The minimum Gasteiger partial charge on any atom is -0.370 e. The molecule has 9 nitrogen and oxygen atoms in total. The average Bonchev–Trinajstić information content (AvgIpc) is 2.72. The summed E-state index contributed by atoms with van der Waals surface area (Å²) in [5.74, 6) is -2.28. The van der Waals surface area contributed by atoms with Crippen molar-refractivity contribution in [3.8, 4) is 5.75 Å². The van der Waals surface area contributed by atoms with E-state index in [4.69, 9.17) is 20.9 Å². The molecular weight excluding hydrogens is 380 g/mol. The Morgan fingerprint density at radius 1 is 1.31 bits per heavy atom. The number of halogens is 3. The predicted molar refractivity (Wildman–Crippen MR) is 85.4 cm³/mol. The Bertz CT molecular complexity index is 895. The molecule has 0 bridgehead atoms. The average molecular weight is 395 g/mol. The number of aromatic nitrogens is 1. The van der Waals surface area contributed by atoms with E-state index in [1.54, 1.807) is 0 Å². The fourth-order valence-electron chi connectivity index (χ4n) is 2.04. The number of rotatable bonds is 1. The SMILES string of the molecule is CP(=O)(O)O.Cn1c(C(=O)NC(=N)N)cc2c(C(F)(F)F)cc([O])cc21. The fourth-order valence-corrected chi connectivity index (χ4v) is 2.04. The molecule has 13 heteroatoms. The lowest BCUT2D eigenvalue weighted by atomic mass is 10.1. The molecule has 143 valence electrons. The minimum atomic E-state index is -4.71. The molecular formula is C13H15F3N4O5P. The van der Waals surface area contributed by atoms with E-state index >= 15 is 0 Å². The number of hydrogen-bond donors (Lipinski definition) is 5. The first-order valence-electron chi connectivity index (χ1n) is 6.67. The van der Waals surface area contributed by atoms with Gasteiger partial charge in [-0.3, -0.25) is 25.2 Å². The zero-order valence-electron chi connectivity index (χ0n) is 13.5. The number of benzene rings is 1. The van der Waals surface area contributed by atoms with Gasteiger partial charge in [0.05, 0.1) is 11.1 Å². The maximum Gasteiger partial charge on any atom is 0.417 e. The van der Waals surface area contributed by atoms with Crippen molar-refractivity contribution < 1.29 is 37.4 Å². The maximum absolute atomic E-state index is 12.9. The molecule has 26 heavy (non-hydrogen) atoms. The molecule has 0 aliphatic rings. The molecule has 0 spiro atoms. The molecule has 0 aliphatic carbocycles. The van der Waals surface area contributed by atoms with Gasteiger partial charge in [-0.2, -0.15) is 13.2 Å². The van der Waals surface area contributed by atoms with Gasteiger partial charge in [0.25, 0.3) is 5.91 Å². The Kier molecular flexibility index (Phi) is 6.08. The second-order valence-electron chi connectivity index (χ2n) is 5.19. The van der Waals surface area contributed by atoms with Gasteiger partial charge in [0.1, 0.15) is 5.69 Å². The van der Waals surface area contributed by atoms with E-state index < -0.39 is 37.0 Å². The Morgan fingerprint density at radius 2 is 1.81 bits per heavy atom. The van der Waals surface area contributed by atoms with Gasteiger partial charge in [-0.05, 0) is 12.1 Å². The zero-order valence-corrected chi connectivity index (χ0v) is 14.4. The van der Waals surface area contributed by atoms with E-state index in [2.05, 4.69) is 0 Å². The Morgan fingerprint density at radius 3 is 2.23 bits per heavy atom. The first-order chi connectivity index (χ1) is 11.6. The van der Waals surface area contributed by atoms with Gasteiger partial charge in [0, 0.05) is 25.2 Å². The van der Waals surface area contributed by atoms with Gasteiger partial charge in [-0.25, -0.2) is 0 Å². The van der Waals surface area contributed by atoms with Crippen LogP contribution in [0.3, 0.4) is 0 Å². The van der Waals surface area contributed by atoms with Crippen molar-refractivity contribution in [1.82, 2.24) is 9.88 Å². The normalized spacial score (nSPS) is 11.7. The number of carbonyl (C=O) groups excluding carboxylic acids is 1. The van der Waals surface area contributed by atoms with Gasteiger partial charge in [-0.1, -0.05) is 0 Å². The van der Waals surface area contributed by atoms with Crippen LogP contribution in [-0.2, 0) is 22.9 Å². The quantitative estimate of drug-likeness (QED) is 0.282. The second-order valence-corrected chi connectivity index (χ2v) is 6.86. The highest BCUT2D eigenvalue weighted by molar-refractivity contribution is 7.50. The summed E-state index contributed by atoms with van der Waals surface area (Å²) in [7, 11) is -2.29. The molecule has 1 amide bonds. The van der Waals surface area contributed by atoms with Crippen molar-refractivity contribution in [2.24, 2.45) is 12.8 Å². The summed E-state index contributed by atoms with van der Waals surface area (Å²) in [5, 5.41) is 20.1. The highest BCUT2D eigenvalue weighted by Crippen LogP contribution is 2.38. The third kappa shape index (κ3) is 5.76. The predicted octanol–water partition coefficient (Wildman–Crippen LogP) is 1.76. The molecule has 1 aromatic heterocycles. The number of nitrogens with two attached hydrogens (primary N) is 1. The summed E-state index contributed by atoms with van der Waals surface area (Å²) in [4.78, 5) is 27.0. The van der Waals surface area contributed by atoms with Crippen molar-refractivity contribution in [3.63, 3.8) is 0 Å². The maximum atomic E-state index is 12.9. The van der Waals surface area contributed by atoms with E-state index in [0.29, 0.717) is 6.07 Å².